The lowest BCUT2D eigenvalue weighted by Gasteiger charge is -2.12. The van der Waals surface area contributed by atoms with Crippen molar-refractivity contribution in [2.24, 2.45) is 7.05 Å². The van der Waals surface area contributed by atoms with E-state index in [0.717, 1.165) is 6.20 Å². The smallest absolute Gasteiger partial charge is 0.339 e. The van der Waals surface area contributed by atoms with Crippen LogP contribution in [-0.4, -0.2) is 29.3 Å². The molecule has 1 aromatic heterocycles. The van der Waals surface area contributed by atoms with Crippen molar-refractivity contribution >= 4 is 44.9 Å². The summed E-state index contributed by atoms with van der Waals surface area (Å²) in [6, 6.07) is 2.58. The molecule has 1 aromatic carbocycles. The first-order valence-corrected chi connectivity index (χ1v) is 7.69. The number of nitrogens with zero attached hydrogens (tertiary/aromatic N) is 2. The molecule has 0 aliphatic rings. The van der Waals surface area contributed by atoms with Crippen LogP contribution in [0.5, 0.6) is 0 Å². The molecule has 0 atom stereocenters. The van der Waals surface area contributed by atoms with Crippen molar-refractivity contribution < 1.29 is 18.3 Å². The van der Waals surface area contributed by atoms with Gasteiger partial charge in [0.15, 0.2) is 0 Å². The molecule has 0 aliphatic carbocycles. The second-order valence-electron chi connectivity index (χ2n) is 4.04. The van der Waals surface area contributed by atoms with E-state index in [2.05, 4.69) is 9.82 Å². The number of aromatic nitrogens is 2. The third kappa shape index (κ3) is 3.12. The summed E-state index contributed by atoms with van der Waals surface area (Å²) in [5.41, 5.74) is -0.711. The van der Waals surface area contributed by atoms with E-state index in [1.54, 1.807) is 7.05 Å². The van der Waals surface area contributed by atoms with Gasteiger partial charge in [-0.05, 0) is 12.1 Å². The molecule has 7 nitrogen and oxygen atoms in total. The van der Waals surface area contributed by atoms with Gasteiger partial charge in [-0.15, -0.1) is 0 Å². The number of aromatic carboxylic acids is 1. The Kier molecular flexibility index (Phi) is 4.13. The van der Waals surface area contributed by atoms with E-state index in [1.165, 1.54) is 23.0 Å². The highest BCUT2D eigenvalue weighted by atomic mass is 35.5. The molecule has 0 fully saturated rings. The predicted molar refractivity (Wildman–Crippen MR) is 77.4 cm³/mol. The van der Waals surface area contributed by atoms with Crippen LogP contribution in [0.3, 0.4) is 0 Å². The number of sulfonamides is 1. The quantitative estimate of drug-likeness (QED) is 0.881. The molecule has 0 amide bonds. The van der Waals surface area contributed by atoms with Gasteiger partial charge in [-0.1, -0.05) is 23.2 Å². The van der Waals surface area contributed by atoms with E-state index >= 15 is 0 Å². The Labute approximate surface area is 130 Å². The fourth-order valence-corrected chi connectivity index (χ4v) is 3.17. The van der Waals surface area contributed by atoms with Crippen LogP contribution in [0.1, 0.15) is 10.4 Å². The molecule has 0 spiro atoms. The molecule has 1 heterocycles. The van der Waals surface area contributed by atoms with E-state index in [0.29, 0.717) is 0 Å². The highest BCUT2D eigenvalue weighted by molar-refractivity contribution is 7.92. The standard InChI is InChI=1S/C11H9Cl2N3O4S/c1-16-5-6(4-14-16)21(19,20)15-10-8(13)3-2-7(12)9(10)11(17)18/h2-5,15H,1H3,(H,17,18). The van der Waals surface area contributed by atoms with Gasteiger partial charge in [0.25, 0.3) is 10.0 Å². The van der Waals surface area contributed by atoms with Gasteiger partial charge in [0, 0.05) is 13.2 Å². The molecule has 0 aliphatic heterocycles. The summed E-state index contributed by atoms with van der Waals surface area (Å²) in [5, 5.41) is 12.7. The van der Waals surface area contributed by atoms with Crippen molar-refractivity contribution in [3.8, 4) is 0 Å². The summed E-state index contributed by atoms with van der Waals surface area (Å²) in [7, 11) is -2.48. The highest BCUT2D eigenvalue weighted by Crippen LogP contribution is 2.33. The fraction of sp³-hybridized carbons (Fsp3) is 0.0909. The highest BCUT2D eigenvalue weighted by Gasteiger charge is 2.24. The lowest BCUT2D eigenvalue weighted by atomic mass is 10.2. The zero-order valence-electron chi connectivity index (χ0n) is 10.5. The number of hydrogen-bond donors (Lipinski definition) is 2. The van der Waals surface area contributed by atoms with Gasteiger partial charge in [-0.2, -0.15) is 5.10 Å². The first-order chi connectivity index (χ1) is 9.72. The monoisotopic (exact) mass is 349 g/mol. The molecule has 2 aromatic rings. The second-order valence-corrected chi connectivity index (χ2v) is 6.54. The van der Waals surface area contributed by atoms with Gasteiger partial charge in [0.2, 0.25) is 0 Å². The number of aryl methyl sites for hydroxylation is 1. The fourth-order valence-electron chi connectivity index (χ4n) is 1.59. The van der Waals surface area contributed by atoms with E-state index < -0.39 is 21.6 Å². The van der Waals surface area contributed by atoms with Gasteiger partial charge in [-0.25, -0.2) is 13.2 Å². The van der Waals surface area contributed by atoms with Gasteiger partial charge in [0.1, 0.15) is 10.5 Å². The third-order valence-electron chi connectivity index (χ3n) is 2.55. The number of nitrogens with one attached hydrogen (secondary N) is 1. The van der Waals surface area contributed by atoms with E-state index in [-0.39, 0.29) is 20.6 Å². The second kappa shape index (κ2) is 5.55. The number of carboxylic acids is 1. The van der Waals surface area contributed by atoms with Crippen molar-refractivity contribution in [2.45, 2.75) is 4.90 Å². The Balaban J connectivity index is 2.54. The molecule has 0 radical (unpaired) electrons. The number of carboxylic acid groups (broad SMARTS) is 1. The maximum atomic E-state index is 12.2. The Morgan fingerprint density at radius 1 is 1.33 bits per heavy atom. The number of halogens is 2. The van der Waals surface area contributed by atoms with Crippen molar-refractivity contribution in [3.63, 3.8) is 0 Å². The van der Waals surface area contributed by atoms with Crippen LogP contribution in [0.4, 0.5) is 5.69 Å². The number of carbonyl (C=O) groups is 1. The summed E-state index contributed by atoms with van der Waals surface area (Å²) < 4.78 is 27.8. The van der Waals surface area contributed by atoms with Crippen LogP contribution >= 0.6 is 23.2 Å². The Morgan fingerprint density at radius 3 is 2.48 bits per heavy atom. The normalized spacial score (nSPS) is 11.4. The van der Waals surface area contributed by atoms with Crippen molar-refractivity contribution in [2.75, 3.05) is 4.72 Å². The number of hydrogen-bond acceptors (Lipinski definition) is 4. The predicted octanol–water partition coefficient (Wildman–Crippen LogP) is 2.23. The van der Waals surface area contributed by atoms with E-state index in [9.17, 15) is 13.2 Å². The third-order valence-corrected chi connectivity index (χ3v) is 4.48. The molecule has 21 heavy (non-hydrogen) atoms. The van der Waals surface area contributed by atoms with E-state index in [1.807, 2.05) is 0 Å². The van der Waals surface area contributed by atoms with Crippen LogP contribution in [0.15, 0.2) is 29.4 Å². The van der Waals surface area contributed by atoms with Gasteiger partial charge in [-0.3, -0.25) is 9.40 Å². The van der Waals surface area contributed by atoms with Crippen molar-refractivity contribution in [3.05, 3.63) is 40.1 Å². The molecular formula is C11H9Cl2N3O4S. The van der Waals surface area contributed by atoms with Gasteiger partial charge in [0.05, 0.1) is 21.9 Å². The molecule has 0 unspecified atom stereocenters. The minimum atomic E-state index is -4.03. The number of anilines is 1. The summed E-state index contributed by atoms with van der Waals surface area (Å²) in [6.45, 7) is 0. The first kappa shape index (κ1) is 15.6. The average molecular weight is 350 g/mol. The average Bonchev–Trinajstić information content (AvgIpc) is 2.81. The maximum Gasteiger partial charge on any atom is 0.339 e. The van der Waals surface area contributed by atoms with Crippen LogP contribution in [0.2, 0.25) is 10.0 Å². The summed E-state index contributed by atoms with van der Waals surface area (Å²) in [4.78, 5) is 11.1. The Morgan fingerprint density at radius 2 is 1.95 bits per heavy atom. The lowest BCUT2D eigenvalue weighted by molar-refractivity contribution is 0.0698. The van der Waals surface area contributed by atoms with Crippen molar-refractivity contribution in [1.82, 2.24) is 9.78 Å². The molecule has 112 valence electrons. The van der Waals surface area contributed by atoms with Gasteiger partial charge >= 0.3 is 5.97 Å². The van der Waals surface area contributed by atoms with Crippen LogP contribution in [0.25, 0.3) is 0 Å². The topological polar surface area (TPSA) is 101 Å². The largest absolute Gasteiger partial charge is 0.478 e. The molecule has 2 rings (SSSR count). The number of benzene rings is 1. The van der Waals surface area contributed by atoms with Crippen molar-refractivity contribution in [1.29, 1.82) is 0 Å². The zero-order chi connectivity index (χ0) is 15.8. The molecule has 10 heteroatoms. The summed E-state index contributed by atoms with van der Waals surface area (Å²) >= 11 is 11.7. The van der Waals surface area contributed by atoms with Gasteiger partial charge < -0.3 is 5.11 Å². The lowest BCUT2D eigenvalue weighted by Crippen LogP contribution is -2.16. The molecular weight excluding hydrogens is 341 g/mol. The molecule has 0 saturated carbocycles. The molecule has 2 N–H and O–H groups in total. The molecule has 0 bridgehead atoms. The minimum absolute atomic E-state index is 0.0794. The zero-order valence-corrected chi connectivity index (χ0v) is 12.9. The Bertz CT molecular complexity index is 817. The van der Waals surface area contributed by atoms with E-state index in [4.69, 9.17) is 28.3 Å². The first-order valence-electron chi connectivity index (χ1n) is 5.45. The summed E-state index contributed by atoms with van der Waals surface area (Å²) in [5.74, 6) is -1.40. The maximum absolute atomic E-state index is 12.2. The summed E-state index contributed by atoms with van der Waals surface area (Å²) in [6.07, 6.45) is 2.39. The van der Waals surface area contributed by atoms with Crippen LogP contribution in [0, 0.1) is 0 Å². The Hall–Kier alpha value is -1.77. The SMILES string of the molecule is Cn1cc(S(=O)(=O)Nc2c(Cl)ccc(Cl)c2C(=O)O)cn1. The minimum Gasteiger partial charge on any atom is -0.478 e. The molecule has 0 saturated heterocycles. The van der Waals surface area contributed by atoms with Crippen LogP contribution in [-0.2, 0) is 17.1 Å². The number of rotatable bonds is 4. The van der Waals surface area contributed by atoms with Crippen LogP contribution < -0.4 is 4.72 Å².